The number of nitrogen functional groups attached to an aromatic ring is 1. The summed E-state index contributed by atoms with van der Waals surface area (Å²) in [6.45, 7) is 2.13. The molecule has 6 nitrogen and oxygen atoms in total. The van der Waals surface area contributed by atoms with Gasteiger partial charge in [-0.3, -0.25) is 15.6 Å². The Morgan fingerprint density at radius 2 is 2.47 bits per heavy atom. The zero-order valence-corrected chi connectivity index (χ0v) is 9.84. The minimum atomic E-state index is -0.232. The molecule has 0 spiro atoms. The highest BCUT2D eigenvalue weighted by Crippen LogP contribution is 2.09. The summed E-state index contributed by atoms with van der Waals surface area (Å²) < 4.78 is 0. The number of carbonyl (C=O) groups is 1. The minimum Gasteiger partial charge on any atom is -0.339 e. The first-order valence-corrected chi connectivity index (χ1v) is 5.16. The van der Waals surface area contributed by atoms with Crippen LogP contribution < -0.4 is 11.3 Å². The third-order valence-electron chi connectivity index (χ3n) is 2.26. The smallest absolute Gasteiger partial charge is 0.272 e. The Balaban J connectivity index is 2.78. The number of aromatic nitrogens is 1. The lowest BCUT2D eigenvalue weighted by atomic mass is 10.2. The van der Waals surface area contributed by atoms with Gasteiger partial charge in [-0.25, -0.2) is 0 Å². The van der Waals surface area contributed by atoms with Gasteiger partial charge in [0.1, 0.15) is 5.69 Å². The number of hydrogen-bond acceptors (Lipinski definition) is 5. The third kappa shape index (κ3) is 3.43. The zero-order valence-electron chi connectivity index (χ0n) is 9.84. The van der Waals surface area contributed by atoms with Crippen molar-refractivity contribution in [2.24, 2.45) is 11.8 Å². The largest absolute Gasteiger partial charge is 0.339 e. The van der Waals surface area contributed by atoms with Crippen LogP contribution in [0, 0.1) is 17.2 Å². The van der Waals surface area contributed by atoms with E-state index in [1.165, 1.54) is 11.1 Å². The van der Waals surface area contributed by atoms with E-state index in [-0.39, 0.29) is 11.8 Å². The molecule has 0 aliphatic carbocycles. The molecule has 1 amide bonds. The average molecular weight is 233 g/mol. The van der Waals surface area contributed by atoms with Gasteiger partial charge in [0.15, 0.2) is 0 Å². The molecule has 90 valence electrons. The molecule has 0 bridgehead atoms. The second kappa shape index (κ2) is 5.82. The van der Waals surface area contributed by atoms with Crippen LogP contribution in [0.3, 0.4) is 0 Å². The highest BCUT2D eigenvalue weighted by molar-refractivity contribution is 5.92. The number of hydrogen-bond donors (Lipinski definition) is 2. The quantitative estimate of drug-likeness (QED) is 0.586. The van der Waals surface area contributed by atoms with Crippen molar-refractivity contribution >= 4 is 11.6 Å². The molecule has 0 saturated heterocycles. The average Bonchev–Trinajstić information content (AvgIpc) is 2.37. The second-order valence-corrected chi connectivity index (χ2v) is 3.79. The summed E-state index contributed by atoms with van der Waals surface area (Å²) >= 11 is 0. The Morgan fingerprint density at radius 1 is 1.76 bits per heavy atom. The SMILES string of the molecule is CC(C#N)CN(C)C(=O)c1cc(NN)ccn1. The van der Waals surface area contributed by atoms with Gasteiger partial charge < -0.3 is 10.3 Å². The van der Waals surface area contributed by atoms with Crippen molar-refractivity contribution < 1.29 is 4.79 Å². The number of hydrazine groups is 1. The fraction of sp³-hybridized carbons (Fsp3) is 0.364. The Hall–Kier alpha value is -2.13. The molecule has 0 fully saturated rings. The second-order valence-electron chi connectivity index (χ2n) is 3.79. The summed E-state index contributed by atoms with van der Waals surface area (Å²) in [5.41, 5.74) is 3.36. The Kier molecular flexibility index (Phi) is 4.43. The lowest BCUT2D eigenvalue weighted by Gasteiger charge is -2.17. The molecule has 0 aromatic carbocycles. The molecule has 0 saturated carbocycles. The van der Waals surface area contributed by atoms with E-state index in [0.29, 0.717) is 17.9 Å². The van der Waals surface area contributed by atoms with Crippen molar-refractivity contribution in [2.75, 3.05) is 19.0 Å². The Labute approximate surface area is 100 Å². The topological polar surface area (TPSA) is 95.0 Å². The van der Waals surface area contributed by atoms with Crippen LogP contribution in [0.25, 0.3) is 0 Å². The first-order valence-electron chi connectivity index (χ1n) is 5.16. The number of rotatable bonds is 4. The van der Waals surface area contributed by atoms with Gasteiger partial charge in [-0.15, -0.1) is 0 Å². The molecule has 6 heteroatoms. The first kappa shape index (κ1) is 12.9. The molecule has 0 radical (unpaired) electrons. The molecule has 1 aromatic heterocycles. The highest BCUT2D eigenvalue weighted by Gasteiger charge is 2.15. The molecule has 1 atom stereocenters. The van der Waals surface area contributed by atoms with Gasteiger partial charge in [0.25, 0.3) is 5.91 Å². The van der Waals surface area contributed by atoms with Crippen LogP contribution >= 0.6 is 0 Å². The summed E-state index contributed by atoms with van der Waals surface area (Å²) in [5, 5.41) is 8.69. The van der Waals surface area contributed by atoms with E-state index in [2.05, 4.69) is 16.5 Å². The molecular weight excluding hydrogens is 218 g/mol. The number of anilines is 1. The van der Waals surface area contributed by atoms with Crippen LogP contribution in [-0.4, -0.2) is 29.4 Å². The van der Waals surface area contributed by atoms with Crippen LogP contribution in [-0.2, 0) is 0 Å². The fourth-order valence-electron chi connectivity index (χ4n) is 1.37. The number of carbonyl (C=O) groups excluding carboxylic acids is 1. The molecule has 0 aliphatic rings. The van der Waals surface area contributed by atoms with E-state index < -0.39 is 0 Å². The zero-order chi connectivity index (χ0) is 12.8. The molecule has 1 aromatic rings. The predicted molar refractivity (Wildman–Crippen MR) is 63.8 cm³/mol. The van der Waals surface area contributed by atoms with Gasteiger partial charge in [-0.2, -0.15) is 5.26 Å². The van der Waals surface area contributed by atoms with E-state index in [0.717, 1.165) is 0 Å². The van der Waals surface area contributed by atoms with Crippen LogP contribution in [0.1, 0.15) is 17.4 Å². The molecule has 0 aliphatic heterocycles. The van der Waals surface area contributed by atoms with Gasteiger partial charge >= 0.3 is 0 Å². The number of nitrogens with one attached hydrogen (secondary N) is 1. The van der Waals surface area contributed by atoms with Crippen molar-refractivity contribution in [3.05, 3.63) is 24.0 Å². The molecule has 1 rings (SSSR count). The number of amides is 1. The van der Waals surface area contributed by atoms with Gasteiger partial charge in [0, 0.05) is 19.8 Å². The molecular formula is C11H15N5O. The Morgan fingerprint density at radius 3 is 3.06 bits per heavy atom. The van der Waals surface area contributed by atoms with Crippen LogP contribution in [0.15, 0.2) is 18.3 Å². The fourth-order valence-corrected chi connectivity index (χ4v) is 1.37. The normalized spacial score (nSPS) is 11.4. The molecule has 1 unspecified atom stereocenters. The molecule has 3 N–H and O–H groups in total. The number of nitrogens with two attached hydrogens (primary N) is 1. The summed E-state index contributed by atoms with van der Waals surface area (Å²) in [6.07, 6.45) is 1.50. The summed E-state index contributed by atoms with van der Waals surface area (Å²) in [7, 11) is 1.64. The van der Waals surface area contributed by atoms with Crippen molar-refractivity contribution in [2.45, 2.75) is 6.92 Å². The summed E-state index contributed by atoms with van der Waals surface area (Å²) in [5.74, 6) is 4.81. The van der Waals surface area contributed by atoms with Crippen LogP contribution in [0.2, 0.25) is 0 Å². The summed E-state index contributed by atoms with van der Waals surface area (Å²) in [6, 6.07) is 5.30. The standard InChI is InChI=1S/C11H15N5O/c1-8(6-12)7-16(2)11(17)10-5-9(15-13)3-4-14-10/h3-5,8H,7,13H2,1-2H3,(H,14,15). The van der Waals surface area contributed by atoms with E-state index in [1.54, 1.807) is 26.1 Å². The third-order valence-corrected chi connectivity index (χ3v) is 2.26. The lowest BCUT2D eigenvalue weighted by Crippen LogP contribution is -2.31. The predicted octanol–water partition coefficient (Wildman–Crippen LogP) is 0.599. The van der Waals surface area contributed by atoms with E-state index in [9.17, 15) is 4.79 Å². The maximum Gasteiger partial charge on any atom is 0.272 e. The minimum absolute atomic E-state index is 0.209. The highest BCUT2D eigenvalue weighted by atomic mass is 16.2. The van der Waals surface area contributed by atoms with Crippen molar-refractivity contribution in [3.63, 3.8) is 0 Å². The van der Waals surface area contributed by atoms with E-state index >= 15 is 0 Å². The van der Waals surface area contributed by atoms with E-state index in [1.807, 2.05) is 0 Å². The monoisotopic (exact) mass is 233 g/mol. The number of nitrogens with zero attached hydrogens (tertiary/aromatic N) is 3. The van der Waals surface area contributed by atoms with Crippen molar-refractivity contribution in [1.82, 2.24) is 9.88 Å². The molecule has 17 heavy (non-hydrogen) atoms. The van der Waals surface area contributed by atoms with Crippen LogP contribution in [0.5, 0.6) is 0 Å². The van der Waals surface area contributed by atoms with Gasteiger partial charge in [-0.1, -0.05) is 0 Å². The van der Waals surface area contributed by atoms with Gasteiger partial charge in [-0.05, 0) is 19.1 Å². The van der Waals surface area contributed by atoms with Crippen LogP contribution in [0.4, 0.5) is 5.69 Å². The van der Waals surface area contributed by atoms with Gasteiger partial charge in [0.05, 0.1) is 17.7 Å². The number of pyridine rings is 1. The summed E-state index contributed by atoms with van der Waals surface area (Å²) in [4.78, 5) is 17.4. The van der Waals surface area contributed by atoms with Crippen molar-refractivity contribution in [3.8, 4) is 6.07 Å². The number of nitriles is 1. The van der Waals surface area contributed by atoms with E-state index in [4.69, 9.17) is 11.1 Å². The maximum absolute atomic E-state index is 11.9. The molecule has 1 heterocycles. The first-order chi connectivity index (χ1) is 8.08. The maximum atomic E-state index is 11.9. The Bertz CT molecular complexity index is 440. The van der Waals surface area contributed by atoms with Gasteiger partial charge in [0.2, 0.25) is 0 Å². The van der Waals surface area contributed by atoms with Crippen molar-refractivity contribution in [1.29, 1.82) is 5.26 Å². The lowest BCUT2D eigenvalue weighted by molar-refractivity contribution is 0.0779.